The van der Waals surface area contributed by atoms with Gasteiger partial charge in [0.1, 0.15) is 0 Å². The zero-order chi connectivity index (χ0) is 12.3. The van der Waals surface area contributed by atoms with Gasteiger partial charge in [-0.05, 0) is 50.1 Å². The Balaban J connectivity index is 4.29. The molecule has 15 heavy (non-hydrogen) atoms. The Morgan fingerprint density at radius 2 is 1.00 bits per heavy atom. The Labute approximate surface area is 98.9 Å². The van der Waals surface area contributed by atoms with Crippen LogP contribution < -0.4 is 0 Å². The molecule has 0 N–H and O–H groups in total. The van der Waals surface area contributed by atoms with Crippen molar-refractivity contribution in [2.24, 2.45) is 11.8 Å². The second-order valence-electron chi connectivity index (χ2n) is 6.82. The van der Waals surface area contributed by atoms with Crippen molar-refractivity contribution in [2.75, 3.05) is 0 Å². The van der Waals surface area contributed by atoms with E-state index in [-0.39, 0.29) is 0 Å². The van der Waals surface area contributed by atoms with Crippen molar-refractivity contribution in [1.29, 1.82) is 0 Å². The van der Waals surface area contributed by atoms with Gasteiger partial charge >= 0.3 is 0 Å². The lowest BCUT2D eigenvalue weighted by molar-refractivity contribution is 0.505. The molecule has 0 saturated heterocycles. The molecule has 0 heterocycles. The Hall–Kier alpha value is 0.394. The zero-order valence-electron chi connectivity index (χ0n) is 12.0. The largest absolute Gasteiger partial charge is 0.455 e. The second kappa shape index (κ2) is 5.64. The molecule has 0 aliphatic rings. The Morgan fingerprint density at radius 3 is 1.20 bits per heavy atom. The maximum absolute atomic E-state index is 6.52. The number of rotatable bonds is 6. The maximum Gasteiger partial charge on any atom is 0.173 e. The fourth-order valence-corrected chi connectivity index (χ4v) is 13.4. The fourth-order valence-electron chi connectivity index (χ4n) is 2.80. The van der Waals surface area contributed by atoms with Gasteiger partial charge in [-0.1, -0.05) is 27.7 Å². The summed E-state index contributed by atoms with van der Waals surface area (Å²) in [5, 5.41) is 0. The quantitative estimate of drug-likeness (QED) is 0.616. The smallest absolute Gasteiger partial charge is 0.173 e. The topological polar surface area (TPSA) is 9.23 Å². The molecule has 0 aromatic heterocycles. The summed E-state index contributed by atoms with van der Waals surface area (Å²) in [6, 6.07) is 2.59. The predicted molar refractivity (Wildman–Crippen MR) is 75.3 cm³/mol. The van der Waals surface area contributed by atoms with Crippen molar-refractivity contribution >= 4 is 16.6 Å². The van der Waals surface area contributed by atoms with Gasteiger partial charge in [0.25, 0.3) is 0 Å². The zero-order valence-corrected chi connectivity index (χ0v) is 14.0. The van der Waals surface area contributed by atoms with Crippen molar-refractivity contribution < 1.29 is 4.12 Å². The minimum absolute atomic E-state index is 0.774. The van der Waals surface area contributed by atoms with Gasteiger partial charge < -0.3 is 4.12 Å². The molecule has 0 bridgehead atoms. The lowest BCUT2D eigenvalue weighted by Gasteiger charge is -2.36. The first kappa shape index (κ1) is 15.4. The first-order valence-corrected chi connectivity index (χ1v) is 12.5. The van der Waals surface area contributed by atoms with Gasteiger partial charge in [0.2, 0.25) is 0 Å². The first-order chi connectivity index (χ1) is 6.54. The minimum Gasteiger partial charge on any atom is -0.455 e. The van der Waals surface area contributed by atoms with E-state index in [4.69, 9.17) is 4.12 Å². The van der Waals surface area contributed by atoms with Gasteiger partial charge in [0.05, 0.1) is 0 Å². The molecule has 0 aromatic rings. The molecular weight excluding hydrogens is 216 g/mol. The third-order valence-electron chi connectivity index (χ3n) is 2.35. The average Bonchev–Trinajstić information content (AvgIpc) is 1.73. The summed E-state index contributed by atoms with van der Waals surface area (Å²) >= 11 is 0. The van der Waals surface area contributed by atoms with Crippen LogP contribution in [0.2, 0.25) is 38.3 Å². The molecule has 1 nitrogen and oxygen atoms in total. The van der Waals surface area contributed by atoms with Gasteiger partial charge in [-0.2, -0.15) is 0 Å². The van der Waals surface area contributed by atoms with E-state index in [0.717, 1.165) is 11.8 Å². The van der Waals surface area contributed by atoms with Crippen LogP contribution in [0.1, 0.15) is 27.7 Å². The summed E-state index contributed by atoms with van der Waals surface area (Å²) in [6.07, 6.45) is 0. The highest BCUT2D eigenvalue weighted by atomic mass is 28.4. The molecule has 0 radical (unpaired) electrons. The summed E-state index contributed by atoms with van der Waals surface area (Å²) < 4.78 is 6.52. The second-order valence-corrected chi connectivity index (χ2v) is 15.5. The molecule has 0 fully saturated rings. The molecule has 0 atom stereocenters. The highest BCUT2D eigenvalue weighted by Gasteiger charge is 2.33. The van der Waals surface area contributed by atoms with Crippen LogP contribution in [0, 0.1) is 11.8 Å². The molecule has 0 amide bonds. The highest BCUT2D eigenvalue weighted by Crippen LogP contribution is 2.26. The van der Waals surface area contributed by atoms with Crippen LogP contribution in [0.4, 0.5) is 0 Å². The van der Waals surface area contributed by atoms with Crippen LogP contribution in [0.15, 0.2) is 0 Å². The summed E-state index contributed by atoms with van der Waals surface area (Å²) in [5.74, 6) is 1.55. The molecule has 3 heteroatoms. The standard InChI is InChI=1S/C12H30OSi2/c1-11(2)9-14(5,6)13-15(7,8)10-12(3)4/h11-12H,9-10H2,1-8H3. The van der Waals surface area contributed by atoms with Crippen molar-refractivity contribution in [3.8, 4) is 0 Å². The fraction of sp³-hybridized carbons (Fsp3) is 1.00. The van der Waals surface area contributed by atoms with E-state index < -0.39 is 16.6 Å². The molecule has 0 aliphatic carbocycles. The number of hydrogen-bond donors (Lipinski definition) is 0. The highest BCUT2D eigenvalue weighted by molar-refractivity contribution is 6.84. The Morgan fingerprint density at radius 1 is 0.733 bits per heavy atom. The summed E-state index contributed by atoms with van der Waals surface area (Å²) in [4.78, 5) is 0. The van der Waals surface area contributed by atoms with Crippen molar-refractivity contribution in [2.45, 2.75) is 66.0 Å². The van der Waals surface area contributed by atoms with Crippen LogP contribution >= 0.6 is 0 Å². The van der Waals surface area contributed by atoms with E-state index in [1.165, 1.54) is 12.1 Å². The maximum atomic E-state index is 6.52. The van der Waals surface area contributed by atoms with Crippen LogP contribution in [0.25, 0.3) is 0 Å². The van der Waals surface area contributed by atoms with E-state index in [1.54, 1.807) is 0 Å². The van der Waals surface area contributed by atoms with E-state index in [9.17, 15) is 0 Å². The molecule has 0 aromatic carbocycles. The van der Waals surface area contributed by atoms with Crippen LogP contribution in [0.5, 0.6) is 0 Å². The van der Waals surface area contributed by atoms with Gasteiger partial charge in [0.15, 0.2) is 16.6 Å². The monoisotopic (exact) mass is 246 g/mol. The van der Waals surface area contributed by atoms with Crippen molar-refractivity contribution in [3.05, 3.63) is 0 Å². The molecule has 0 unspecified atom stereocenters. The van der Waals surface area contributed by atoms with E-state index >= 15 is 0 Å². The molecule has 0 rings (SSSR count). The summed E-state index contributed by atoms with van der Waals surface area (Å²) in [5.41, 5.74) is 0. The van der Waals surface area contributed by atoms with Gasteiger partial charge in [-0.25, -0.2) is 0 Å². The van der Waals surface area contributed by atoms with E-state index in [0.29, 0.717) is 0 Å². The molecule has 0 saturated carbocycles. The molecule has 0 aliphatic heterocycles. The minimum atomic E-state index is -1.41. The molecular formula is C12H30OSi2. The van der Waals surface area contributed by atoms with E-state index in [2.05, 4.69) is 53.9 Å². The lowest BCUT2D eigenvalue weighted by atomic mass is 10.3. The van der Waals surface area contributed by atoms with Gasteiger partial charge in [0, 0.05) is 0 Å². The number of hydrogen-bond acceptors (Lipinski definition) is 1. The average molecular weight is 247 g/mol. The summed E-state index contributed by atoms with van der Waals surface area (Å²) in [6.45, 7) is 18.7. The predicted octanol–water partition coefficient (Wildman–Crippen LogP) is 4.73. The normalized spacial score (nSPS) is 14.0. The van der Waals surface area contributed by atoms with Crippen LogP contribution in [0.3, 0.4) is 0 Å². The Bertz CT molecular complexity index is 166. The van der Waals surface area contributed by atoms with Crippen LogP contribution in [-0.2, 0) is 4.12 Å². The van der Waals surface area contributed by atoms with Gasteiger partial charge in [-0.3, -0.25) is 0 Å². The molecule has 92 valence electrons. The third kappa shape index (κ3) is 8.23. The summed E-state index contributed by atoms with van der Waals surface area (Å²) in [7, 11) is -2.81. The molecule has 0 spiro atoms. The third-order valence-corrected chi connectivity index (χ3v) is 10.4. The SMILES string of the molecule is CC(C)C[Si](C)(C)O[Si](C)(C)CC(C)C. The van der Waals surface area contributed by atoms with Crippen molar-refractivity contribution in [1.82, 2.24) is 0 Å². The lowest BCUT2D eigenvalue weighted by Crippen LogP contribution is -2.45. The van der Waals surface area contributed by atoms with E-state index in [1.807, 2.05) is 0 Å². The van der Waals surface area contributed by atoms with Gasteiger partial charge in [-0.15, -0.1) is 0 Å². The van der Waals surface area contributed by atoms with Crippen LogP contribution in [-0.4, -0.2) is 16.6 Å². The first-order valence-electron chi connectivity index (χ1n) is 6.24. The van der Waals surface area contributed by atoms with Crippen molar-refractivity contribution in [3.63, 3.8) is 0 Å². The Kier molecular flexibility index (Phi) is 5.79.